The van der Waals surface area contributed by atoms with Crippen LogP contribution in [-0.4, -0.2) is 39.8 Å². The van der Waals surface area contributed by atoms with E-state index in [2.05, 4.69) is 22.0 Å². The number of halogens is 1. The van der Waals surface area contributed by atoms with Crippen LogP contribution in [0, 0.1) is 18.2 Å². The number of nitrogens with zero attached hydrogens (tertiary/aromatic N) is 3. The Morgan fingerprint density at radius 3 is 2.68 bits per heavy atom. The van der Waals surface area contributed by atoms with Gasteiger partial charge in [-0.15, -0.1) is 0 Å². The van der Waals surface area contributed by atoms with E-state index < -0.39 is 0 Å². The number of hydrogen-bond donors (Lipinski definition) is 1. The van der Waals surface area contributed by atoms with Gasteiger partial charge < -0.3 is 9.63 Å². The molecule has 6 heteroatoms. The molecule has 3 rings (SSSR count). The lowest BCUT2D eigenvalue weighted by atomic mass is 9.77. The van der Waals surface area contributed by atoms with E-state index in [0.717, 1.165) is 32.4 Å². The van der Waals surface area contributed by atoms with Crippen molar-refractivity contribution in [2.24, 2.45) is 5.41 Å². The maximum absolute atomic E-state index is 13.7. The second-order valence-corrected chi connectivity index (χ2v) is 7.14. The Morgan fingerprint density at radius 2 is 2.08 bits per heavy atom. The molecule has 1 unspecified atom stereocenters. The van der Waals surface area contributed by atoms with E-state index in [1.165, 1.54) is 6.07 Å². The minimum absolute atomic E-state index is 0.00472. The van der Waals surface area contributed by atoms with Crippen LogP contribution in [0.5, 0.6) is 0 Å². The molecule has 0 saturated carbocycles. The van der Waals surface area contributed by atoms with Crippen LogP contribution >= 0.6 is 0 Å². The summed E-state index contributed by atoms with van der Waals surface area (Å²) in [5, 5.41) is 13.7. The fraction of sp³-hybridized carbons (Fsp3) is 0.579. The molecule has 2 aromatic rings. The number of aliphatic hydroxyl groups excluding tert-OH is 1. The van der Waals surface area contributed by atoms with Crippen LogP contribution in [-0.2, 0) is 0 Å². The van der Waals surface area contributed by atoms with Crippen molar-refractivity contribution < 1.29 is 14.0 Å². The largest absolute Gasteiger partial charge is 0.396 e. The van der Waals surface area contributed by atoms with Crippen LogP contribution in [0.15, 0.2) is 22.7 Å². The van der Waals surface area contributed by atoms with E-state index in [0.29, 0.717) is 22.8 Å². The van der Waals surface area contributed by atoms with E-state index in [1.807, 2.05) is 6.92 Å². The van der Waals surface area contributed by atoms with Crippen LogP contribution < -0.4 is 0 Å². The number of aliphatic hydroxyl groups is 1. The first-order valence-electron chi connectivity index (χ1n) is 8.93. The van der Waals surface area contributed by atoms with Crippen molar-refractivity contribution in [3.05, 3.63) is 35.5 Å². The molecule has 2 heterocycles. The summed E-state index contributed by atoms with van der Waals surface area (Å²) in [6, 6.07) is 4.96. The molecule has 1 saturated heterocycles. The van der Waals surface area contributed by atoms with E-state index >= 15 is 0 Å². The van der Waals surface area contributed by atoms with E-state index in [1.54, 1.807) is 19.1 Å². The number of aromatic nitrogens is 2. The van der Waals surface area contributed by atoms with Crippen molar-refractivity contribution >= 4 is 0 Å². The summed E-state index contributed by atoms with van der Waals surface area (Å²) in [5.74, 6) is 0.688. The summed E-state index contributed by atoms with van der Waals surface area (Å²) in [7, 11) is 0. The molecule has 1 atom stereocenters. The van der Waals surface area contributed by atoms with Crippen molar-refractivity contribution in [2.45, 2.75) is 46.1 Å². The molecule has 1 fully saturated rings. The molecule has 0 radical (unpaired) electrons. The second-order valence-electron chi connectivity index (χ2n) is 7.14. The number of aryl methyl sites for hydroxylation is 1. The van der Waals surface area contributed by atoms with Crippen molar-refractivity contribution in [2.75, 3.05) is 19.7 Å². The number of hydrogen-bond acceptors (Lipinski definition) is 5. The highest BCUT2D eigenvalue weighted by Crippen LogP contribution is 2.37. The lowest BCUT2D eigenvalue weighted by molar-refractivity contribution is 0.0216. The third-order valence-electron chi connectivity index (χ3n) is 5.72. The molecule has 5 nitrogen and oxygen atoms in total. The molecule has 0 bridgehead atoms. The van der Waals surface area contributed by atoms with E-state index in [-0.39, 0.29) is 23.9 Å². The normalized spacial score (nSPS) is 19.1. The SMILES string of the molecule is CCC1(CO)CCN(C(C)c2nc(-c3ccc(C)c(F)c3)no2)CC1. The van der Waals surface area contributed by atoms with Gasteiger partial charge in [-0.1, -0.05) is 24.2 Å². The molecule has 136 valence electrons. The smallest absolute Gasteiger partial charge is 0.244 e. The van der Waals surface area contributed by atoms with Gasteiger partial charge in [-0.2, -0.15) is 4.98 Å². The monoisotopic (exact) mass is 347 g/mol. The van der Waals surface area contributed by atoms with Crippen molar-refractivity contribution in [3.8, 4) is 11.4 Å². The lowest BCUT2D eigenvalue weighted by Gasteiger charge is -2.41. The van der Waals surface area contributed by atoms with Gasteiger partial charge in [0.15, 0.2) is 0 Å². The minimum Gasteiger partial charge on any atom is -0.396 e. The molecule has 0 amide bonds. The third kappa shape index (κ3) is 3.60. The topological polar surface area (TPSA) is 62.4 Å². The predicted molar refractivity (Wildman–Crippen MR) is 93.5 cm³/mol. The lowest BCUT2D eigenvalue weighted by Crippen LogP contribution is -2.42. The molecule has 1 aromatic heterocycles. The minimum atomic E-state index is -0.271. The Morgan fingerprint density at radius 1 is 1.36 bits per heavy atom. The summed E-state index contributed by atoms with van der Waals surface area (Å²) in [6.45, 7) is 7.95. The van der Waals surface area contributed by atoms with Gasteiger partial charge >= 0.3 is 0 Å². The first-order chi connectivity index (χ1) is 12.0. The maximum atomic E-state index is 13.7. The Hall–Kier alpha value is -1.79. The average molecular weight is 347 g/mol. The first kappa shape index (κ1) is 18.0. The van der Waals surface area contributed by atoms with Gasteiger partial charge in [-0.3, -0.25) is 4.90 Å². The zero-order valence-corrected chi connectivity index (χ0v) is 15.1. The zero-order chi connectivity index (χ0) is 18.0. The maximum Gasteiger partial charge on any atom is 0.244 e. The molecule has 1 aliphatic heterocycles. The van der Waals surface area contributed by atoms with E-state index in [9.17, 15) is 9.50 Å². The average Bonchev–Trinajstić information content (AvgIpc) is 3.13. The van der Waals surface area contributed by atoms with Crippen LogP contribution in [0.1, 0.15) is 50.6 Å². The molecule has 0 spiro atoms. The fourth-order valence-electron chi connectivity index (χ4n) is 3.42. The van der Waals surface area contributed by atoms with Crippen LogP contribution in [0.25, 0.3) is 11.4 Å². The van der Waals surface area contributed by atoms with Gasteiger partial charge in [-0.25, -0.2) is 4.39 Å². The van der Waals surface area contributed by atoms with Gasteiger partial charge in [0.2, 0.25) is 11.7 Å². The highest BCUT2D eigenvalue weighted by atomic mass is 19.1. The third-order valence-corrected chi connectivity index (χ3v) is 5.72. The standard InChI is InChI=1S/C19H26FN3O2/c1-4-19(12-24)7-9-23(10-8-19)14(3)18-21-17(22-25-18)15-6-5-13(2)16(20)11-15/h5-6,11,14,24H,4,7-10,12H2,1-3H3. The Labute approximate surface area is 147 Å². The summed E-state index contributed by atoms with van der Waals surface area (Å²) in [4.78, 5) is 6.77. The summed E-state index contributed by atoms with van der Waals surface area (Å²) >= 11 is 0. The van der Waals surface area contributed by atoms with Crippen molar-refractivity contribution in [3.63, 3.8) is 0 Å². The molecule has 1 aliphatic rings. The highest BCUT2D eigenvalue weighted by Gasteiger charge is 2.35. The quantitative estimate of drug-likeness (QED) is 0.893. The molecular weight excluding hydrogens is 321 g/mol. The molecule has 25 heavy (non-hydrogen) atoms. The van der Waals surface area contributed by atoms with Crippen LogP contribution in [0.4, 0.5) is 4.39 Å². The number of rotatable bonds is 5. The van der Waals surface area contributed by atoms with Gasteiger partial charge in [-0.05, 0) is 63.2 Å². The van der Waals surface area contributed by atoms with Crippen LogP contribution in [0.2, 0.25) is 0 Å². The van der Waals surface area contributed by atoms with Crippen LogP contribution in [0.3, 0.4) is 0 Å². The van der Waals surface area contributed by atoms with Gasteiger partial charge in [0, 0.05) is 12.2 Å². The van der Waals surface area contributed by atoms with Crippen molar-refractivity contribution in [1.29, 1.82) is 0 Å². The van der Waals surface area contributed by atoms with Gasteiger partial charge in [0.25, 0.3) is 0 Å². The zero-order valence-electron chi connectivity index (χ0n) is 15.1. The van der Waals surface area contributed by atoms with E-state index in [4.69, 9.17) is 4.52 Å². The molecule has 0 aliphatic carbocycles. The Kier molecular flexibility index (Phi) is 5.20. The Balaban J connectivity index is 1.71. The summed E-state index contributed by atoms with van der Waals surface area (Å²) in [6.07, 6.45) is 2.93. The summed E-state index contributed by atoms with van der Waals surface area (Å²) < 4.78 is 19.2. The predicted octanol–water partition coefficient (Wildman–Crippen LogP) is 3.73. The number of benzene rings is 1. The number of piperidine rings is 1. The Bertz CT molecular complexity index is 717. The van der Waals surface area contributed by atoms with Gasteiger partial charge in [0.05, 0.1) is 6.04 Å². The highest BCUT2D eigenvalue weighted by molar-refractivity contribution is 5.54. The summed E-state index contributed by atoms with van der Waals surface area (Å²) in [5.41, 5.74) is 1.27. The fourth-order valence-corrected chi connectivity index (χ4v) is 3.42. The molecular formula is C19H26FN3O2. The molecule has 1 N–H and O–H groups in total. The second kappa shape index (κ2) is 7.22. The molecule has 1 aromatic carbocycles. The van der Waals surface area contributed by atoms with Gasteiger partial charge in [0.1, 0.15) is 5.82 Å². The van der Waals surface area contributed by atoms with Crippen molar-refractivity contribution in [1.82, 2.24) is 15.0 Å². The number of likely N-dealkylation sites (tertiary alicyclic amines) is 1. The first-order valence-corrected chi connectivity index (χ1v) is 8.93.